The first kappa shape index (κ1) is 39.4. The molecule has 0 aliphatic rings. The predicted octanol–water partition coefficient (Wildman–Crippen LogP) is 7.65. The number of carbonyl (C=O) groups is 3. The monoisotopic (exact) mass is 697 g/mol. The molecule has 2 N–H and O–H groups in total. The van der Waals surface area contributed by atoms with Crippen LogP contribution in [0.25, 0.3) is 0 Å². The first-order valence-electron chi connectivity index (χ1n) is 17.3. The molecule has 3 atom stereocenters. The van der Waals surface area contributed by atoms with E-state index < -0.39 is 52.8 Å². The summed E-state index contributed by atoms with van der Waals surface area (Å²) in [4.78, 5) is 53.4. The molecule has 0 saturated carbocycles. The summed E-state index contributed by atoms with van der Waals surface area (Å²) in [6.07, 6.45) is 5.07. The second kappa shape index (κ2) is 19.2. The van der Waals surface area contributed by atoms with Gasteiger partial charge >= 0.3 is 11.7 Å². The van der Waals surface area contributed by atoms with Gasteiger partial charge in [-0.15, -0.1) is 11.6 Å². The highest BCUT2D eigenvalue weighted by Crippen LogP contribution is 2.37. The van der Waals surface area contributed by atoms with Crippen molar-refractivity contribution < 1.29 is 29.0 Å². The summed E-state index contributed by atoms with van der Waals surface area (Å²) in [6.45, 7) is 9.39. The number of ether oxygens (including phenoxy) is 2. The molecule has 0 bridgehead atoms. The van der Waals surface area contributed by atoms with E-state index in [1.54, 1.807) is 52.0 Å². The van der Waals surface area contributed by atoms with E-state index in [2.05, 4.69) is 12.2 Å². The third-order valence-electron chi connectivity index (χ3n) is 8.25. The molecule has 1 amide bonds. The number of hydrogen-bond acceptors (Lipinski definition) is 7. The number of para-hydroxylation sites is 1. The number of unbranched alkanes of at least 4 members (excludes halogenated alkanes) is 4. The number of amides is 1. The van der Waals surface area contributed by atoms with E-state index in [1.165, 1.54) is 4.57 Å². The molecule has 3 aromatic rings. The number of benzene rings is 2. The first-order valence-corrected chi connectivity index (χ1v) is 17.7. The average molecular weight is 698 g/mol. The zero-order valence-corrected chi connectivity index (χ0v) is 30.2. The molecule has 3 unspecified atom stereocenters. The number of aromatic hydroxyl groups is 1. The van der Waals surface area contributed by atoms with E-state index >= 15 is 0 Å². The van der Waals surface area contributed by atoms with E-state index in [4.69, 9.17) is 21.1 Å². The fourth-order valence-electron chi connectivity index (χ4n) is 5.68. The predicted molar refractivity (Wildman–Crippen MR) is 192 cm³/mol. The Kier molecular flexibility index (Phi) is 15.4. The maximum Gasteiger partial charge on any atom is 0.335 e. The molecular weight excluding hydrogens is 646 g/mol. The average Bonchev–Trinajstić information content (AvgIpc) is 3.28. The third kappa shape index (κ3) is 11.8. The van der Waals surface area contributed by atoms with Gasteiger partial charge < -0.3 is 19.9 Å². The van der Waals surface area contributed by atoms with Gasteiger partial charge in [0.15, 0.2) is 5.78 Å². The number of anilines is 1. The number of ketones is 1. The van der Waals surface area contributed by atoms with Crippen molar-refractivity contribution in [3.8, 4) is 11.8 Å². The van der Waals surface area contributed by atoms with Crippen molar-refractivity contribution in [1.82, 2.24) is 9.13 Å². The molecule has 268 valence electrons. The van der Waals surface area contributed by atoms with Crippen LogP contribution in [0.2, 0.25) is 0 Å². The van der Waals surface area contributed by atoms with Crippen molar-refractivity contribution >= 4 is 34.9 Å². The molecule has 0 radical (unpaired) electrons. The Hall–Kier alpha value is -4.05. The lowest BCUT2D eigenvalue weighted by Gasteiger charge is -2.29. The normalized spacial score (nSPS) is 13.3. The number of Topliss-reactive ketones (excluding diaryl/α,β-unsaturated/α-hetero) is 1. The van der Waals surface area contributed by atoms with E-state index in [-0.39, 0.29) is 31.2 Å². The number of esters is 1. The van der Waals surface area contributed by atoms with E-state index in [0.717, 1.165) is 42.2 Å². The fourth-order valence-corrected chi connectivity index (χ4v) is 6.03. The number of aromatic nitrogens is 2. The van der Waals surface area contributed by atoms with Gasteiger partial charge in [-0.3, -0.25) is 19.0 Å². The van der Waals surface area contributed by atoms with E-state index in [1.807, 2.05) is 36.4 Å². The summed E-state index contributed by atoms with van der Waals surface area (Å²) in [5.41, 5.74) is -0.143. The molecule has 11 heteroatoms. The fraction of sp³-hybridized carbons (Fsp3) is 0.526. The van der Waals surface area contributed by atoms with Crippen LogP contribution in [0.3, 0.4) is 0 Å². The minimum absolute atomic E-state index is 0.0420. The van der Waals surface area contributed by atoms with Gasteiger partial charge in [-0.2, -0.15) is 0 Å². The second-order valence-corrected chi connectivity index (χ2v) is 13.9. The van der Waals surface area contributed by atoms with Crippen LogP contribution in [0.15, 0.2) is 65.5 Å². The van der Waals surface area contributed by atoms with Crippen molar-refractivity contribution in [2.45, 2.75) is 116 Å². The summed E-state index contributed by atoms with van der Waals surface area (Å²) in [6, 6.07) is 16.9. The van der Waals surface area contributed by atoms with Crippen molar-refractivity contribution in [2.75, 3.05) is 11.9 Å². The van der Waals surface area contributed by atoms with Crippen molar-refractivity contribution in [2.24, 2.45) is 5.41 Å². The van der Waals surface area contributed by atoms with Gasteiger partial charge in [-0.1, -0.05) is 102 Å². The number of alkyl halides is 1. The molecule has 0 saturated heterocycles. The highest BCUT2D eigenvalue weighted by Gasteiger charge is 2.40. The van der Waals surface area contributed by atoms with Gasteiger partial charge in [-0.25, -0.2) is 9.36 Å². The Balaban J connectivity index is 1.85. The van der Waals surface area contributed by atoms with Crippen molar-refractivity contribution in [3.63, 3.8) is 0 Å². The number of nitrogens with one attached hydrogen (secondary N) is 1. The van der Waals surface area contributed by atoms with Crippen LogP contribution in [0, 0.1) is 5.41 Å². The first-order chi connectivity index (χ1) is 23.4. The van der Waals surface area contributed by atoms with E-state index in [9.17, 15) is 24.3 Å². The zero-order chi connectivity index (χ0) is 36.0. The van der Waals surface area contributed by atoms with Crippen molar-refractivity contribution in [1.29, 1.82) is 0 Å². The van der Waals surface area contributed by atoms with Gasteiger partial charge in [0.25, 0.3) is 11.8 Å². The summed E-state index contributed by atoms with van der Waals surface area (Å²) in [5, 5.41) is 13.2. The minimum Gasteiger partial charge on any atom is -0.491 e. The largest absolute Gasteiger partial charge is 0.491 e. The molecule has 10 nitrogen and oxygen atoms in total. The van der Waals surface area contributed by atoms with Crippen LogP contribution in [-0.4, -0.2) is 50.0 Å². The molecular formula is C38H52ClN3O7. The number of hydrogen-bond donors (Lipinski definition) is 2. The standard InChI is InChI=1S/C38H52ClN3O7/c1-6-8-9-10-17-22-29(49-32(44)25-31(43)40-28-20-15-12-16-21-28)23-24-30(39)33(34(45)38(3,4)5)42-35(46)36(48-7-2)41(37(42)47)26-27-18-13-11-14-19-27/h11-16,18-21,29-30,33,46H,6-10,17,22-26H2,1-5H3,(H,40,43). The lowest BCUT2D eigenvalue weighted by atomic mass is 9.84. The van der Waals surface area contributed by atoms with Crippen LogP contribution in [-0.2, 0) is 25.7 Å². The number of imidazole rings is 1. The molecule has 3 rings (SSSR count). The zero-order valence-electron chi connectivity index (χ0n) is 29.5. The Bertz CT molecular complexity index is 1550. The molecule has 49 heavy (non-hydrogen) atoms. The highest BCUT2D eigenvalue weighted by atomic mass is 35.5. The smallest absolute Gasteiger partial charge is 0.335 e. The number of rotatable bonds is 20. The Morgan fingerprint density at radius 3 is 2.14 bits per heavy atom. The molecule has 1 aromatic heterocycles. The van der Waals surface area contributed by atoms with Crippen LogP contribution < -0.4 is 15.7 Å². The molecule has 2 aromatic carbocycles. The maximum atomic E-state index is 14.0. The number of nitrogens with zero attached hydrogens (tertiary/aromatic N) is 2. The molecule has 0 fully saturated rings. The van der Waals surface area contributed by atoms with Gasteiger partial charge in [0.05, 0.1) is 18.5 Å². The van der Waals surface area contributed by atoms with E-state index in [0.29, 0.717) is 18.5 Å². The lowest BCUT2D eigenvalue weighted by Crippen LogP contribution is -2.41. The quantitative estimate of drug-likeness (QED) is 0.0537. The van der Waals surface area contributed by atoms with Crippen LogP contribution in [0.1, 0.15) is 104 Å². The van der Waals surface area contributed by atoms with Gasteiger partial charge in [-0.05, 0) is 50.3 Å². The summed E-state index contributed by atoms with van der Waals surface area (Å²) < 4.78 is 13.9. The molecule has 0 spiro atoms. The summed E-state index contributed by atoms with van der Waals surface area (Å²) in [5.74, 6) is -1.99. The van der Waals surface area contributed by atoms with Gasteiger partial charge in [0, 0.05) is 11.1 Å². The van der Waals surface area contributed by atoms with Crippen LogP contribution in [0.4, 0.5) is 5.69 Å². The number of carbonyl (C=O) groups excluding carboxylic acids is 3. The van der Waals surface area contributed by atoms with Gasteiger partial charge in [0.1, 0.15) is 18.6 Å². The Morgan fingerprint density at radius 2 is 1.53 bits per heavy atom. The second-order valence-electron chi connectivity index (χ2n) is 13.3. The molecule has 0 aliphatic carbocycles. The van der Waals surface area contributed by atoms with Gasteiger partial charge in [0.2, 0.25) is 5.91 Å². The highest BCUT2D eigenvalue weighted by molar-refractivity contribution is 6.22. The SMILES string of the molecule is CCCCCCCC(CCC(Cl)C(C(=O)C(C)(C)C)n1c(O)c(OCC)n(Cc2ccccc2)c1=O)OC(=O)CC(=O)Nc1ccccc1. The Labute approximate surface area is 294 Å². The maximum absolute atomic E-state index is 14.0. The summed E-state index contributed by atoms with van der Waals surface area (Å²) >= 11 is 7.04. The van der Waals surface area contributed by atoms with Crippen LogP contribution >= 0.6 is 11.6 Å². The summed E-state index contributed by atoms with van der Waals surface area (Å²) in [7, 11) is 0. The van der Waals surface area contributed by atoms with Crippen molar-refractivity contribution in [3.05, 3.63) is 76.7 Å². The third-order valence-corrected chi connectivity index (χ3v) is 8.71. The topological polar surface area (TPSA) is 129 Å². The molecule has 1 heterocycles. The van der Waals surface area contributed by atoms with Crippen LogP contribution in [0.5, 0.6) is 11.8 Å². The molecule has 0 aliphatic heterocycles. The minimum atomic E-state index is -1.23. The lowest BCUT2D eigenvalue weighted by molar-refractivity contribution is -0.151. The number of halogens is 1. The Morgan fingerprint density at radius 1 is 0.898 bits per heavy atom.